The summed E-state index contributed by atoms with van der Waals surface area (Å²) in [6.45, 7) is 5.84. The monoisotopic (exact) mass is 490 g/mol. The van der Waals surface area contributed by atoms with Crippen LogP contribution in [0, 0.1) is 12.7 Å². The van der Waals surface area contributed by atoms with Gasteiger partial charge in [0.05, 0.1) is 5.75 Å². The van der Waals surface area contributed by atoms with Crippen molar-refractivity contribution >= 4 is 23.4 Å². The molecule has 1 aromatic heterocycles. The van der Waals surface area contributed by atoms with E-state index in [-0.39, 0.29) is 17.4 Å². The van der Waals surface area contributed by atoms with E-state index in [4.69, 9.17) is 4.74 Å². The maximum atomic E-state index is 14.1. The topological polar surface area (TPSA) is 69.0 Å². The minimum absolute atomic E-state index is 0.126. The molecule has 0 saturated heterocycles. The second-order valence-corrected chi connectivity index (χ2v) is 8.94. The van der Waals surface area contributed by atoms with Gasteiger partial charge in [-0.05, 0) is 55.7 Å². The Morgan fingerprint density at radius 1 is 1.06 bits per heavy atom. The Morgan fingerprint density at radius 2 is 1.80 bits per heavy atom. The Balaban J connectivity index is 1.56. The van der Waals surface area contributed by atoms with E-state index >= 15 is 0 Å². The summed E-state index contributed by atoms with van der Waals surface area (Å²) >= 11 is 1.28. The van der Waals surface area contributed by atoms with Crippen molar-refractivity contribution in [2.45, 2.75) is 38.5 Å². The van der Waals surface area contributed by atoms with Crippen LogP contribution in [0.5, 0.6) is 5.75 Å². The smallest absolute Gasteiger partial charge is 0.234 e. The maximum absolute atomic E-state index is 14.1. The van der Waals surface area contributed by atoms with Crippen molar-refractivity contribution in [1.82, 2.24) is 14.8 Å². The number of aromatic nitrogens is 3. The number of amides is 1. The van der Waals surface area contributed by atoms with Crippen LogP contribution in [-0.4, -0.2) is 26.4 Å². The zero-order chi connectivity index (χ0) is 24.8. The Kier molecular flexibility index (Phi) is 7.82. The number of anilines is 1. The Hall–Kier alpha value is -3.65. The molecule has 180 valence electrons. The number of halogens is 1. The molecular weight excluding hydrogens is 463 g/mol. The molecule has 1 atom stereocenters. The van der Waals surface area contributed by atoms with E-state index in [0.29, 0.717) is 11.0 Å². The minimum atomic E-state index is -0.582. The summed E-state index contributed by atoms with van der Waals surface area (Å²) in [4.78, 5) is 12.8. The fourth-order valence-electron chi connectivity index (χ4n) is 3.75. The molecule has 1 amide bonds. The average Bonchev–Trinajstić information content (AvgIpc) is 3.30. The Morgan fingerprint density at radius 3 is 2.54 bits per heavy atom. The van der Waals surface area contributed by atoms with Crippen LogP contribution in [0.25, 0.3) is 5.69 Å². The molecule has 1 heterocycles. The van der Waals surface area contributed by atoms with E-state index in [2.05, 4.69) is 22.4 Å². The van der Waals surface area contributed by atoms with Crippen LogP contribution in [0.4, 0.5) is 10.1 Å². The number of thioether (sulfide) groups is 1. The predicted octanol–water partition coefficient (Wildman–Crippen LogP) is 6.15. The molecule has 1 unspecified atom stereocenters. The van der Waals surface area contributed by atoms with Gasteiger partial charge in [-0.2, -0.15) is 0 Å². The van der Waals surface area contributed by atoms with Crippen LogP contribution in [-0.2, 0) is 11.2 Å². The van der Waals surface area contributed by atoms with E-state index in [9.17, 15) is 9.18 Å². The number of aryl methyl sites for hydroxylation is 2. The molecule has 3 aromatic carbocycles. The minimum Gasteiger partial charge on any atom is -0.480 e. The molecule has 0 radical (unpaired) electrons. The largest absolute Gasteiger partial charge is 0.480 e. The lowest BCUT2D eigenvalue weighted by molar-refractivity contribution is -0.113. The highest BCUT2D eigenvalue weighted by Crippen LogP contribution is 2.29. The van der Waals surface area contributed by atoms with Gasteiger partial charge in [0.25, 0.3) is 0 Å². The van der Waals surface area contributed by atoms with Gasteiger partial charge in [0.1, 0.15) is 0 Å². The molecular formula is C27H27FN4O2S. The van der Waals surface area contributed by atoms with Gasteiger partial charge in [0, 0.05) is 11.4 Å². The molecule has 0 saturated carbocycles. The first-order chi connectivity index (χ1) is 17.0. The summed E-state index contributed by atoms with van der Waals surface area (Å²) in [7, 11) is 0. The van der Waals surface area contributed by atoms with Crippen molar-refractivity contribution in [3.05, 3.63) is 95.6 Å². The molecule has 8 heteroatoms. The van der Waals surface area contributed by atoms with Gasteiger partial charge in [-0.15, -0.1) is 10.2 Å². The second kappa shape index (κ2) is 11.2. The van der Waals surface area contributed by atoms with E-state index in [0.717, 1.165) is 28.9 Å². The van der Waals surface area contributed by atoms with E-state index in [1.165, 1.54) is 17.8 Å². The Labute approximate surface area is 208 Å². The van der Waals surface area contributed by atoms with Crippen molar-refractivity contribution < 1.29 is 13.9 Å². The molecule has 0 aliphatic heterocycles. The SMILES string of the molecule is CCc1cccc(C)c1NC(=O)CSc1nnc(C(C)Oc2ccccc2F)n1-c1ccccc1. The van der Waals surface area contributed by atoms with Gasteiger partial charge in [-0.3, -0.25) is 9.36 Å². The van der Waals surface area contributed by atoms with Crippen molar-refractivity contribution in [1.29, 1.82) is 0 Å². The fourth-order valence-corrected chi connectivity index (χ4v) is 4.51. The van der Waals surface area contributed by atoms with Gasteiger partial charge in [0.15, 0.2) is 28.7 Å². The van der Waals surface area contributed by atoms with E-state index in [1.807, 2.05) is 60.0 Å². The number of benzene rings is 3. The fraction of sp³-hybridized carbons (Fsp3) is 0.222. The number of carbonyl (C=O) groups excluding carboxylic acids is 1. The first-order valence-corrected chi connectivity index (χ1v) is 12.4. The molecule has 0 aliphatic rings. The third-order valence-electron chi connectivity index (χ3n) is 5.51. The van der Waals surface area contributed by atoms with Gasteiger partial charge < -0.3 is 10.1 Å². The number of hydrogen-bond donors (Lipinski definition) is 1. The van der Waals surface area contributed by atoms with E-state index in [1.54, 1.807) is 25.1 Å². The lowest BCUT2D eigenvalue weighted by Gasteiger charge is -2.17. The van der Waals surface area contributed by atoms with Gasteiger partial charge in [0.2, 0.25) is 5.91 Å². The molecule has 1 N–H and O–H groups in total. The van der Waals surface area contributed by atoms with Crippen molar-refractivity contribution in [2.24, 2.45) is 0 Å². The predicted molar refractivity (Wildman–Crippen MR) is 137 cm³/mol. The van der Waals surface area contributed by atoms with Gasteiger partial charge in [-0.25, -0.2) is 4.39 Å². The van der Waals surface area contributed by atoms with Crippen LogP contribution >= 0.6 is 11.8 Å². The zero-order valence-corrected chi connectivity index (χ0v) is 20.7. The standard InChI is InChI=1S/C27H27FN4O2S/c1-4-20-12-10-11-18(2)25(20)29-24(33)17-35-27-31-30-26(32(27)21-13-6-5-7-14-21)19(3)34-23-16-9-8-15-22(23)28/h5-16,19H,4,17H2,1-3H3,(H,29,33). The van der Waals surface area contributed by atoms with Crippen LogP contribution in [0.1, 0.15) is 36.9 Å². The maximum Gasteiger partial charge on any atom is 0.234 e. The van der Waals surface area contributed by atoms with E-state index < -0.39 is 11.9 Å². The van der Waals surface area contributed by atoms with Crippen molar-refractivity contribution in [2.75, 3.05) is 11.1 Å². The van der Waals surface area contributed by atoms with Gasteiger partial charge in [-0.1, -0.05) is 67.2 Å². The number of ether oxygens (including phenoxy) is 1. The summed E-state index contributed by atoms with van der Waals surface area (Å²) in [6.07, 6.45) is 0.248. The number of para-hydroxylation sites is 3. The quantitative estimate of drug-likeness (QED) is 0.285. The van der Waals surface area contributed by atoms with Crippen LogP contribution < -0.4 is 10.1 Å². The second-order valence-electron chi connectivity index (χ2n) is 8.00. The number of nitrogens with zero attached hydrogens (tertiary/aromatic N) is 3. The number of rotatable bonds is 9. The molecule has 6 nitrogen and oxygen atoms in total. The molecule has 0 spiro atoms. The number of carbonyl (C=O) groups is 1. The van der Waals surface area contributed by atoms with Crippen LogP contribution in [0.3, 0.4) is 0 Å². The summed E-state index contributed by atoms with van der Waals surface area (Å²) < 4.78 is 21.9. The molecule has 0 aliphatic carbocycles. The van der Waals surface area contributed by atoms with Crippen LogP contribution in [0.15, 0.2) is 78.0 Å². The lowest BCUT2D eigenvalue weighted by Crippen LogP contribution is -2.17. The lowest BCUT2D eigenvalue weighted by atomic mass is 10.1. The normalized spacial score (nSPS) is 11.8. The van der Waals surface area contributed by atoms with Crippen molar-refractivity contribution in [3.8, 4) is 11.4 Å². The zero-order valence-electron chi connectivity index (χ0n) is 19.9. The molecule has 0 fully saturated rings. The van der Waals surface area contributed by atoms with Gasteiger partial charge >= 0.3 is 0 Å². The Bertz CT molecular complexity index is 1310. The summed E-state index contributed by atoms with van der Waals surface area (Å²) in [5, 5.41) is 12.3. The summed E-state index contributed by atoms with van der Waals surface area (Å²) in [6, 6.07) is 21.8. The average molecular weight is 491 g/mol. The highest BCUT2D eigenvalue weighted by molar-refractivity contribution is 7.99. The van der Waals surface area contributed by atoms with Crippen molar-refractivity contribution in [3.63, 3.8) is 0 Å². The van der Waals surface area contributed by atoms with Crippen LogP contribution in [0.2, 0.25) is 0 Å². The molecule has 35 heavy (non-hydrogen) atoms. The first-order valence-electron chi connectivity index (χ1n) is 11.4. The highest BCUT2D eigenvalue weighted by Gasteiger charge is 2.22. The third-order valence-corrected chi connectivity index (χ3v) is 6.44. The summed E-state index contributed by atoms with van der Waals surface area (Å²) in [5.41, 5.74) is 3.80. The molecule has 0 bridgehead atoms. The number of nitrogens with one attached hydrogen (secondary N) is 1. The molecule has 4 rings (SSSR count). The highest BCUT2D eigenvalue weighted by atomic mass is 32.2. The molecule has 4 aromatic rings. The summed E-state index contributed by atoms with van der Waals surface area (Å²) in [5.74, 6) is 0.235. The third kappa shape index (κ3) is 5.71. The number of hydrogen-bond acceptors (Lipinski definition) is 5. The first kappa shape index (κ1) is 24.5.